The molecule has 23 heavy (non-hydrogen) atoms. The Kier molecular flexibility index (Phi) is 5.56. The maximum absolute atomic E-state index is 5.18. The molecule has 7 nitrogen and oxygen atoms in total. The minimum absolute atomic E-state index is 0.580. The van der Waals surface area contributed by atoms with E-state index in [0.29, 0.717) is 6.54 Å². The molecule has 1 aromatic heterocycles. The normalized spacial score (nSPS) is 11.4. The molecule has 0 aliphatic heterocycles. The van der Waals surface area contributed by atoms with Gasteiger partial charge in [-0.25, -0.2) is 0 Å². The Morgan fingerprint density at radius 3 is 2.52 bits per heavy atom. The Morgan fingerprint density at radius 2 is 2.00 bits per heavy atom. The van der Waals surface area contributed by atoms with Gasteiger partial charge in [-0.15, -0.1) is 10.2 Å². The summed E-state index contributed by atoms with van der Waals surface area (Å²) in [5, 5.41) is 11.5. The standard InChI is InChI=1S/C16H24N6O/c1-12-19-20-15(22(12)4)10-18-16(17-2)21(3)11-13-6-8-14(23-5)9-7-13/h6-9H,10-11H2,1-5H3,(H,17,18). The van der Waals surface area contributed by atoms with Crippen LogP contribution in [0.25, 0.3) is 0 Å². The van der Waals surface area contributed by atoms with Gasteiger partial charge in [-0.3, -0.25) is 4.99 Å². The van der Waals surface area contributed by atoms with E-state index in [9.17, 15) is 0 Å². The lowest BCUT2D eigenvalue weighted by atomic mass is 10.2. The fourth-order valence-electron chi connectivity index (χ4n) is 2.23. The van der Waals surface area contributed by atoms with Gasteiger partial charge in [0.25, 0.3) is 0 Å². The van der Waals surface area contributed by atoms with Crippen LogP contribution in [0.3, 0.4) is 0 Å². The first-order chi connectivity index (χ1) is 11.0. The summed E-state index contributed by atoms with van der Waals surface area (Å²) in [6.07, 6.45) is 0. The van der Waals surface area contributed by atoms with Gasteiger partial charge < -0.3 is 19.5 Å². The Balaban J connectivity index is 1.95. The van der Waals surface area contributed by atoms with Crippen molar-refractivity contribution in [1.29, 1.82) is 0 Å². The highest BCUT2D eigenvalue weighted by Crippen LogP contribution is 2.12. The third-order valence-electron chi connectivity index (χ3n) is 3.74. The minimum Gasteiger partial charge on any atom is -0.497 e. The second-order valence-electron chi connectivity index (χ2n) is 5.33. The van der Waals surface area contributed by atoms with E-state index < -0.39 is 0 Å². The quantitative estimate of drug-likeness (QED) is 0.666. The van der Waals surface area contributed by atoms with Gasteiger partial charge >= 0.3 is 0 Å². The molecule has 1 N–H and O–H groups in total. The minimum atomic E-state index is 0.580. The second-order valence-corrected chi connectivity index (χ2v) is 5.33. The number of nitrogens with one attached hydrogen (secondary N) is 1. The van der Waals surface area contributed by atoms with E-state index in [1.165, 1.54) is 5.56 Å². The monoisotopic (exact) mass is 316 g/mol. The van der Waals surface area contributed by atoms with E-state index >= 15 is 0 Å². The molecule has 0 unspecified atom stereocenters. The molecule has 0 fully saturated rings. The number of nitrogens with zero attached hydrogens (tertiary/aromatic N) is 5. The second kappa shape index (κ2) is 7.62. The Labute approximate surface area is 137 Å². The van der Waals surface area contributed by atoms with Crippen molar-refractivity contribution in [1.82, 2.24) is 25.0 Å². The Hall–Kier alpha value is -2.57. The molecule has 0 aliphatic rings. The van der Waals surface area contributed by atoms with Crippen LogP contribution in [0.15, 0.2) is 29.3 Å². The third kappa shape index (κ3) is 4.21. The molecule has 0 saturated carbocycles. The number of methoxy groups -OCH3 is 1. The third-order valence-corrected chi connectivity index (χ3v) is 3.74. The molecule has 0 radical (unpaired) electrons. The molecule has 0 spiro atoms. The highest BCUT2D eigenvalue weighted by molar-refractivity contribution is 5.79. The van der Waals surface area contributed by atoms with Crippen LogP contribution in [0.4, 0.5) is 0 Å². The summed E-state index contributed by atoms with van der Waals surface area (Å²) in [6.45, 7) is 3.26. The fourth-order valence-corrected chi connectivity index (χ4v) is 2.23. The van der Waals surface area contributed by atoms with Crippen LogP contribution in [0, 0.1) is 6.92 Å². The van der Waals surface area contributed by atoms with Gasteiger partial charge in [-0.2, -0.15) is 0 Å². The highest BCUT2D eigenvalue weighted by Gasteiger charge is 2.09. The Morgan fingerprint density at radius 1 is 1.30 bits per heavy atom. The van der Waals surface area contributed by atoms with Crippen LogP contribution >= 0.6 is 0 Å². The van der Waals surface area contributed by atoms with Gasteiger partial charge in [0, 0.05) is 27.7 Å². The van der Waals surface area contributed by atoms with Crippen molar-refractivity contribution in [3.05, 3.63) is 41.5 Å². The zero-order chi connectivity index (χ0) is 16.8. The van der Waals surface area contributed by atoms with Crippen LogP contribution in [-0.2, 0) is 20.1 Å². The van der Waals surface area contributed by atoms with E-state index in [0.717, 1.165) is 29.9 Å². The van der Waals surface area contributed by atoms with Crippen LogP contribution < -0.4 is 10.1 Å². The van der Waals surface area contributed by atoms with Gasteiger partial charge in [0.15, 0.2) is 11.8 Å². The van der Waals surface area contributed by atoms with Crippen molar-refractivity contribution in [2.45, 2.75) is 20.0 Å². The lowest BCUT2D eigenvalue weighted by Gasteiger charge is -2.22. The predicted molar refractivity (Wildman–Crippen MR) is 90.4 cm³/mol. The molecule has 124 valence electrons. The number of ether oxygens (including phenoxy) is 1. The first-order valence-corrected chi connectivity index (χ1v) is 7.44. The predicted octanol–water partition coefficient (Wildman–Crippen LogP) is 1.34. The van der Waals surface area contributed by atoms with E-state index in [1.807, 2.05) is 37.7 Å². The molecule has 2 rings (SSSR count). The van der Waals surface area contributed by atoms with Gasteiger partial charge in [-0.1, -0.05) is 12.1 Å². The molecule has 0 bridgehead atoms. The summed E-state index contributed by atoms with van der Waals surface area (Å²) in [4.78, 5) is 6.38. The first-order valence-electron chi connectivity index (χ1n) is 7.44. The van der Waals surface area contributed by atoms with Crippen LogP contribution in [0.2, 0.25) is 0 Å². The summed E-state index contributed by atoms with van der Waals surface area (Å²) in [5.74, 6) is 3.43. The summed E-state index contributed by atoms with van der Waals surface area (Å²) in [5.41, 5.74) is 1.19. The smallest absolute Gasteiger partial charge is 0.194 e. The van der Waals surface area contributed by atoms with E-state index in [2.05, 4.69) is 37.5 Å². The molecule has 1 aromatic carbocycles. The summed E-state index contributed by atoms with van der Waals surface area (Å²) in [6, 6.07) is 8.02. The van der Waals surface area contributed by atoms with Gasteiger partial charge in [-0.05, 0) is 24.6 Å². The van der Waals surface area contributed by atoms with E-state index in [1.54, 1.807) is 14.2 Å². The van der Waals surface area contributed by atoms with Gasteiger partial charge in [0.2, 0.25) is 0 Å². The molecular formula is C16H24N6O. The number of aromatic nitrogens is 3. The molecule has 7 heteroatoms. The van der Waals surface area contributed by atoms with Crippen molar-refractivity contribution < 1.29 is 4.74 Å². The topological polar surface area (TPSA) is 67.6 Å². The van der Waals surface area contributed by atoms with Crippen LogP contribution in [0.5, 0.6) is 5.75 Å². The summed E-state index contributed by atoms with van der Waals surface area (Å²) in [7, 11) is 7.40. The van der Waals surface area contributed by atoms with E-state index in [-0.39, 0.29) is 0 Å². The number of aryl methyl sites for hydroxylation is 1. The molecule has 1 heterocycles. The van der Waals surface area contributed by atoms with Gasteiger partial charge in [0.1, 0.15) is 11.6 Å². The number of benzene rings is 1. The zero-order valence-electron chi connectivity index (χ0n) is 14.4. The molecular weight excluding hydrogens is 292 g/mol. The lowest BCUT2D eigenvalue weighted by molar-refractivity contribution is 0.414. The van der Waals surface area contributed by atoms with Gasteiger partial charge in [0.05, 0.1) is 13.7 Å². The average Bonchev–Trinajstić information content (AvgIpc) is 2.88. The van der Waals surface area contributed by atoms with Crippen LogP contribution in [0.1, 0.15) is 17.2 Å². The SMILES string of the molecule is CN=C(NCc1nnc(C)n1C)N(C)Cc1ccc(OC)cc1. The number of rotatable bonds is 5. The van der Waals surface area contributed by atoms with Crippen LogP contribution in [-0.4, -0.2) is 46.8 Å². The molecule has 0 atom stereocenters. The summed E-state index contributed by atoms with van der Waals surface area (Å²) >= 11 is 0. The van der Waals surface area contributed by atoms with Crippen molar-refractivity contribution in [3.63, 3.8) is 0 Å². The first kappa shape index (κ1) is 16.8. The lowest BCUT2D eigenvalue weighted by Crippen LogP contribution is -2.38. The molecule has 0 aliphatic carbocycles. The number of hydrogen-bond donors (Lipinski definition) is 1. The molecule has 0 saturated heterocycles. The fraction of sp³-hybridized carbons (Fsp3) is 0.438. The van der Waals surface area contributed by atoms with E-state index in [4.69, 9.17) is 4.74 Å². The number of hydrogen-bond acceptors (Lipinski definition) is 4. The molecule has 0 amide bonds. The summed E-state index contributed by atoms with van der Waals surface area (Å²) < 4.78 is 7.14. The van der Waals surface area contributed by atoms with Crippen molar-refractivity contribution in [2.75, 3.05) is 21.2 Å². The number of aliphatic imine (C=N–C) groups is 1. The Bertz CT molecular complexity index is 662. The van der Waals surface area contributed by atoms with Crippen molar-refractivity contribution in [3.8, 4) is 5.75 Å². The van der Waals surface area contributed by atoms with Crippen molar-refractivity contribution in [2.24, 2.45) is 12.0 Å². The zero-order valence-corrected chi connectivity index (χ0v) is 14.4. The molecule has 2 aromatic rings. The maximum atomic E-state index is 5.18. The largest absolute Gasteiger partial charge is 0.497 e. The highest BCUT2D eigenvalue weighted by atomic mass is 16.5. The maximum Gasteiger partial charge on any atom is 0.194 e. The van der Waals surface area contributed by atoms with Crippen molar-refractivity contribution >= 4 is 5.96 Å². The average molecular weight is 316 g/mol. The number of guanidine groups is 1.